The first kappa shape index (κ1) is 17.4. The molecular formula is C19H27FN2O2. The molecule has 2 aliphatic rings. The number of carbonyl (C=O) groups is 1. The van der Waals surface area contributed by atoms with Gasteiger partial charge < -0.3 is 15.0 Å². The van der Waals surface area contributed by atoms with Crippen molar-refractivity contribution in [2.75, 3.05) is 33.3 Å². The number of hydrogen-bond donors (Lipinski definition) is 1. The van der Waals surface area contributed by atoms with E-state index >= 15 is 0 Å². The number of methoxy groups -OCH3 is 1. The maximum absolute atomic E-state index is 13.4. The van der Waals surface area contributed by atoms with E-state index in [1.54, 1.807) is 19.2 Å². The van der Waals surface area contributed by atoms with Gasteiger partial charge in [-0.1, -0.05) is 12.1 Å². The summed E-state index contributed by atoms with van der Waals surface area (Å²) in [6, 6.07) is 6.78. The molecule has 1 aromatic carbocycles. The molecular weight excluding hydrogens is 307 g/mol. The van der Waals surface area contributed by atoms with E-state index in [2.05, 4.69) is 5.32 Å². The summed E-state index contributed by atoms with van der Waals surface area (Å²) in [5.74, 6) is 0.570. The molecule has 2 aliphatic heterocycles. The van der Waals surface area contributed by atoms with Crippen molar-refractivity contribution in [3.63, 3.8) is 0 Å². The van der Waals surface area contributed by atoms with Crippen molar-refractivity contribution in [3.8, 4) is 0 Å². The number of hydrogen-bond acceptors (Lipinski definition) is 3. The summed E-state index contributed by atoms with van der Waals surface area (Å²) < 4.78 is 19.1. The van der Waals surface area contributed by atoms with E-state index in [-0.39, 0.29) is 23.7 Å². The highest BCUT2D eigenvalue weighted by Crippen LogP contribution is 2.26. The predicted octanol–water partition coefficient (Wildman–Crippen LogP) is 2.23. The molecule has 0 saturated carbocycles. The molecule has 1 N–H and O–H groups in total. The molecule has 0 spiro atoms. The van der Waals surface area contributed by atoms with Crippen molar-refractivity contribution in [2.24, 2.45) is 11.8 Å². The number of carbonyl (C=O) groups excluding carboxylic acids is 1. The van der Waals surface area contributed by atoms with Gasteiger partial charge in [-0.25, -0.2) is 4.39 Å². The molecule has 0 aliphatic carbocycles. The quantitative estimate of drug-likeness (QED) is 0.918. The van der Waals surface area contributed by atoms with Crippen LogP contribution in [0, 0.1) is 17.7 Å². The zero-order valence-corrected chi connectivity index (χ0v) is 14.3. The summed E-state index contributed by atoms with van der Waals surface area (Å²) in [6.07, 6.45) is 3.59. The lowest BCUT2D eigenvalue weighted by molar-refractivity contribution is -0.141. The van der Waals surface area contributed by atoms with Gasteiger partial charge in [0.05, 0.1) is 6.10 Å². The second-order valence-corrected chi connectivity index (χ2v) is 6.97. The van der Waals surface area contributed by atoms with Crippen molar-refractivity contribution in [1.82, 2.24) is 10.2 Å². The van der Waals surface area contributed by atoms with E-state index in [1.807, 2.05) is 11.0 Å². The van der Waals surface area contributed by atoms with Crippen LogP contribution in [0.15, 0.2) is 24.3 Å². The highest BCUT2D eigenvalue weighted by molar-refractivity contribution is 5.79. The van der Waals surface area contributed by atoms with Gasteiger partial charge in [0.15, 0.2) is 0 Å². The molecule has 1 aromatic rings. The molecule has 2 atom stereocenters. The first-order chi connectivity index (χ1) is 11.7. The second kappa shape index (κ2) is 8.08. The van der Waals surface area contributed by atoms with Crippen LogP contribution in [-0.2, 0) is 16.0 Å². The number of piperidine rings is 2. The number of nitrogens with one attached hydrogen (secondary N) is 1. The van der Waals surface area contributed by atoms with Gasteiger partial charge in [0, 0.05) is 26.1 Å². The Labute approximate surface area is 143 Å². The Morgan fingerprint density at radius 3 is 2.83 bits per heavy atom. The third-order valence-corrected chi connectivity index (χ3v) is 5.39. The van der Waals surface area contributed by atoms with Crippen LogP contribution in [0.5, 0.6) is 0 Å². The van der Waals surface area contributed by atoms with Crippen molar-refractivity contribution >= 4 is 5.91 Å². The predicted molar refractivity (Wildman–Crippen MR) is 91.2 cm³/mol. The number of benzene rings is 1. The molecule has 5 heteroatoms. The van der Waals surface area contributed by atoms with Gasteiger partial charge in [-0.2, -0.15) is 0 Å². The van der Waals surface area contributed by atoms with Crippen LogP contribution in [0.3, 0.4) is 0 Å². The largest absolute Gasteiger partial charge is 0.379 e. The summed E-state index contributed by atoms with van der Waals surface area (Å²) in [4.78, 5) is 14.7. The normalized spacial score (nSPS) is 25.7. The van der Waals surface area contributed by atoms with E-state index in [4.69, 9.17) is 4.74 Å². The van der Waals surface area contributed by atoms with Crippen molar-refractivity contribution < 1.29 is 13.9 Å². The summed E-state index contributed by atoms with van der Waals surface area (Å²) in [5.41, 5.74) is 1.00. The molecule has 0 aromatic heterocycles. The van der Waals surface area contributed by atoms with Gasteiger partial charge in [0.2, 0.25) is 5.91 Å². The smallest absolute Gasteiger partial charge is 0.225 e. The minimum Gasteiger partial charge on any atom is -0.379 e. The van der Waals surface area contributed by atoms with Crippen LogP contribution in [0.2, 0.25) is 0 Å². The average molecular weight is 334 g/mol. The maximum atomic E-state index is 13.4. The number of amides is 1. The molecule has 2 fully saturated rings. The number of ether oxygens (including phenoxy) is 1. The maximum Gasteiger partial charge on any atom is 0.225 e. The summed E-state index contributed by atoms with van der Waals surface area (Å²) in [7, 11) is 1.71. The Morgan fingerprint density at radius 1 is 1.33 bits per heavy atom. The molecule has 0 unspecified atom stereocenters. The molecule has 2 heterocycles. The van der Waals surface area contributed by atoms with Crippen LogP contribution in [0.25, 0.3) is 0 Å². The lowest BCUT2D eigenvalue weighted by atomic mass is 9.86. The Bertz CT molecular complexity index is 560. The first-order valence-electron chi connectivity index (χ1n) is 8.94. The molecule has 0 radical (unpaired) electrons. The number of nitrogens with zero attached hydrogens (tertiary/aromatic N) is 1. The Morgan fingerprint density at radius 2 is 2.12 bits per heavy atom. The fourth-order valence-electron chi connectivity index (χ4n) is 3.96. The summed E-state index contributed by atoms with van der Waals surface area (Å²) >= 11 is 0. The Balaban J connectivity index is 1.60. The van der Waals surface area contributed by atoms with Crippen molar-refractivity contribution in [2.45, 2.75) is 31.8 Å². The van der Waals surface area contributed by atoms with Gasteiger partial charge >= 0.3 is 0 Å². The third kappa shape index (κ3) is 4.14. The van der Waals surface area contributed by atoms with E-state index in [9.17, 15) is 9.18 Å². The highest BCUT2D eigenvalue weighted by atomic mass is 19.1. The fraction of sp³-hybridized carbons (Fsp3) is 0.632. The monoisotopic (exact) mass is 334 g/mol. The fourth-order valence-corrected chi connectivity index (χ4v) is 3.96. The van der Waals surface area contributed by atoms with Crippen LogP contribution in [0.1, 0.15) is 24.8 Å². The van der Waals surface area contributed by atoms with Crippen LogP contribution < -0.4 is 5.32 Å². The van der Waals surface area contributed by atoms with Gasteiger partial charge in [0.1, 0.15) is 5.82 Å². The number of rotatable bonds is 4. The van der Waals surface area contributed by atoms with Crippen LogP contribution >= 0.6 is 0 Å². The molecule has 3 rings (SSSR count). The molecule has 132 valence electrons. The minimum atomic E-state index is -0.194. The van der Waals surface area contributed by atoms with Crippen molar-refractivity contribution in [3.05, 3.63) is 35.6 Å². The lowest BCUT2D eigenvalue weighted by Gasteiger charge is -2.40. The van der Waals surface area contributed by atoms with E-state index < -0.39 is 0 Å². The van der Waals surface area contributed by atoms with Crippen LogP contribution in [0.4, 0.5) is 4.39 Å². The lowest BCUT2D eigenvalue weighted by Crippen LogP contribution is -2.50. The SMILES string of the molecule is CO[C@@H]1CN(C(=O)C2CCNCC2)CC[C@@H]1Cc1cccc(F)c1. The average Bonchev–Trinajstić information content (AvgIpc) is 2.62. The second-order valence-electron chi connectivity index (χ2n) is 6.97. The van der Waals surface area contributed by atoms with E-state index in [0.29, 0.717) is 12.5 Å². The Kier molecular flexibility index (Phi) is 5.85. The standard InChI is InChI=1S/C19H27FN2O2/c1-24-18-13-22(19(23)15-5-8-21-9-6-15)10-7-16(18)11-14-3-2-4-17(20)12-14/h2-4,12,15-16,18,21H,5-11,13H2,1H3/t16-,18-/m1/s1. The topological polar surface area (TPSA) is 41.6 Å². The minimum absolute atomic E-state index is 0.0210. The van der Waals surface area contributed by atoms with Gasteiger partial charge in [-0.3, -0.25) is 4.79 Å². The molecule has 24 heavy (non-hydrogen) atoms. The summed E-state index contributed by atoms with van der Waals surface area (Å²) in [6.45, 7) is 3.29. The van der Waals surface area contributed by atoms with Gasteiger partial charge in [-0.05, 0) is 62.4 Å². The van der Waals surface area contributed by atoms with Gasteiger partial charge in [0.25, 0.3) is 0 Å². The van der Waals surface area contributed by atoms with Crippen LogP contribution in [-0.4, -0.2) is 50.2 Å². The molecule has 1 amide bonds. The van der Waals surface area contributed by atoms with E-state index in [0.717, 1.165) is 50.9 Å². The highest BCUT2D eigenvalue weighted by Gasteiger charge is 2.34. The molecule has 0 bridgehead atoms. The molecule has 2 saturated heterocycles. The number of likely N-dealkylation sites (tertiary alicyclic amines) is 1. The number of halogens is 1. The summed E-state index contributed by atoms with van der Waals surface area (Å²) in [5, 5.41) is 3.31. The zero-order chi connectivity index (χ0) is 16.9. The van der Waals surface area contributed by atoms with Crippen molar-refractivity contribution in [1.29, 1.82) is 0 Å². The van der Waals surface area contributed by atoms with E-state index in [1.165, 1.54) is 6.07 Å². The van der Waals surface area contributed by atoms with Gasteiger partial charge in [-0.15, -0.1) is 0 Å². The molecule has 4 nitrogen and oxygen atoms in total. The zero-order valence-electron chi connectivity index (χ0n) is 14.3. The third-order valence-electron chi connectivity index (χ3n) is 5.39. The first-order valence-corrected chi connectivity index (χ1v) is 8.94. The Hall–Kier alpha value is -1.46.